The molecule has 0 unspecified atom stereocenters. The molecule has 6 aliphatic rings. The fourth-order valence-corrected chi connectivity index (χ4v) is 15.2. The Morgan fingerprint density at radius 2 is 0.642 bits per heavy atom. The van der Waals surface area contributed by atoms with Crippen molar-refractivity contribution in [2.75, 3.05) is 4.90 Å². The van der Waals surface area contributed by atoms with Crippen LogP contribution >= 0.6 is 0 Å². The van der Waals surface area contributed by atoms with E-state index in [-0.39, 0.29) is 0 Å². The number of anilines is 3. The number of benzene rings is 9. The van der Waals surface area contributed by atoms with Gasteiger partial charge >= 0.3 is 0 Å². The first kappa shape index (κ1) is 39.0. The van der Waals surface area contributed by atoms with E-state index < -0.39 is 10.8 Å². The highest BCUT2D eigenvalue weighted by Crippen LogP contribution is 2.64. The zero-order chi connectivity index (χ0) is 44.2. The first-order valence-electron chi connectivity index (χ1n) is 24.8. The first-order valence-corrected chi connectivity index (χ1v) is 24.8. The minimum absolute atomic E-state index is 0.313. The van der Waals surface area contributed by atoms with Gasteiger partial charge in [-0.3, -0.25) is 0 Å². The highest BCUT2D eigenvalue weighted by molar-refractivity contribution is 6.02. The van der Waals surface area contributed by atoms with Gasteiger partial charge in [-0.25, -0.2) is 0 Å². The molecule has 0 aliphatic heterocycles. The molecule has 322 valence electrons. The summed E-state index contributed by atoms with van der Waals surface area (Å²) in [6, 6.07) is 87.7. The number of nitrogens with zero attached hydrogens (tertiary/aromatic N) is 1. The fraction of sp³-hybridized carbons (Fsp3) is 0.182. The largest absolute Gasteiger partial charge is 0.309 e. The fourth-order valence-electron chi connectivity index (χ4n) is 15.2. The number of hydrogen-bond acceptors (Lipinski definition) is 1. The topological polar surface area (TPSA) is 3.24 Å². The second-order valence-corrected chi connectivity index (χ2v) is 20.5. The Kier molecular flexibility index (Phi) is 8.67. The Labute approximate surface area is 395 Å². The Morgan fingerprint density at radius 1 is 0.299 bits per heavy atom. The normalized spacial score (nSPS) is 21.8. The predicted octanol–water partition coefficient (Wildman–Crippen LogP) is 16.4. The first-order chi connectivity index (χ1) is 33.2. The van der Waals surface area contributed by atoms with Gasteiger partial charge in [0.1, 0.15) is 0 Å². The van der Waals surface area contributed by atoms with Gasteiger partial charge in [0.05, 0.1) is 22.2 Å². The Hall–Kier alpha value is -7.22. The molecule has 1 heteroatoms. The molecule has 0 saturated heterocycles. The molecule has 4 saturated carbocycles. The molecule has 9 aromatic carbocycles. The number of fused-ring (bicyclic) bond motifs is 6. The van der Waals surface area contributed by atoms with E-state index in [1.807, 2.05) is 0 Å². The van der Waals surface area contributed by atoms with E-state index in [9.17, 15) is 0 Å². The number of rotatable bonds is 8. The molecule has 0 N–H and O–H groups in total. The Morgan fingerprint density at radius 3 is 1.03 bits per heavy atom. The van der Waals surface area contributed by atoms with Crippen molar-refractivity contribution in [2.45, 2.75) is 54.8 Å². The summed E-state index contributed by atoms with van der Waals surface area (Å²) in [5.74, 6) is 2.68. The van der Waals surface area contributed by atoms with Gasteiger partial charge in [0.2, 0.25) is 0 Å². The molecule has 0 atom stereocenters. The molecule has 1 nitrogen and oxygen atoms in total. The van der Waals surface area contributed by atoms with Gasteiger partial charge in [-0.1, -0.05) is 206 Å². The monoisotopic (exact) mass is 859 g/mol. The third kappa shape index (κ3) is 5.49. The summed E-state index contributed by atoms with van der Waals surface area (Å²) in [6.45, 7) is 0. The van der Waals surface area contributed by atoms with Crippen LogP contribution in [0, 0.1) is 17.8 Å². The maximum atomic E-state index is 2.65. The molecule has 0 spiro atoms. The quantitative estimate of drug-likeness (QED) is 0.147. The van der Waals surface area contributed by atoms with Crippen LogP contribution in [0.2, 0.25) is 0 Å². The minimum atomic E-state index is -0.514. The molecular weight excluding hydrogens is 807 g/mol. The molecule has 6 aliphatic carbocycles. The average molecular weight is 860 g/mol. The second-order valence-electron chi connectivity index (χ2n) is 20.5. The van der Waals surface area contributed by atoms with Crippen LogP contribution in [0.1, 0.15) is 88.6 Å². The SMILES string of the molecule is c1ccc(C2(c3ccccc3)c3ccccc3-c3c(N(c4ccc(C56CC7CC(CC(C7)C5)C6)cc4)c4cccc5c4-c4ccccc4C5(c4ccccc4)c4ccccc4)cccc32)cc1. The Balaban J connectivity index is 1.06. The third-order valence-corrected chi connectivity index (χ3v) is 17.2. The highest BCUT2D eigenvalue weighted by Gasteiger charge is 2.53. The molecule has 15 rings (SSSR count). The van der Waals surface area contributed by atoms with E-state index in [2.05, 4.69) is 235 Å². The van der Waals surface area contributed by atoms with Gasteiger partial charge in [-0.15, -0.1) is 0 Å². The molecule has 9 aromatic rings. The molecule has 0 amide bonds. The van der Waals surface area contributed by atoms with Crippen LogP contribution in [0.3, 0.4) is 0 Å². The van der Waals surface area contributed by atoms with Gasteiger partial charge in [-0.2, -0.15) is 0 Å². The molecular formula is C66H53N. The van der Waals surface area contributed by atoms with Crippen molar-refractivity contribution in [1.29, 1.82) is 0 Å². The summed E-state index contributed by atoms with van der Waals surface area (Å²) >= 11 is 0. The van der Waals surface area contributed by atoms with E-state index in [4.69, 9.17) is 0 Å². The maximum absolute atomic E-state index is 2.65. The smallest absolute Gasteiger partial charge is 0.0714 e. The van der Waals surface area contributed by atoms with E-state index in [0.29, 0.717) is 5.41 Å². The van der Waals surface area contributed by atoms with E-state index >= 15 is 0 Å². The van der Waals surface area contributed by atoms with Crippen LogP contribution in [-0.2, 0) is 16.2 Å². The minimum Gasteiger partial charge on any atom is -0.309 e. The van der Waals surface area contributed by atoms with Crippen molar-refractivity contribution in [3.63, 3.8) is 0 Å². The lowest BCUT2D eigenvalue weighted by Gasteiger charge is -2.57. The molecule has 4 bridgehead atoms. The standard InChI is InChI=1S/C66H53N/c1-5-19-49(20-6-1)65(50-21-7-2-8-22-50)56-29-15-13-27-54(56)62-58(65)31-17-33-60(62)67(53-37-35-48(36-38-53)64-42-45-39-46(43-64)41-47(40-45)44-64)61-34-18-32-59-63(61)55-28-14-16-30-57(55)66(59,51-23-9-3-10-24-51)52-25-11-4-12-26-52/h1-38,45-47H,39-44H2. The lowest BCUT2D eigenvalue weighted by molar-refractivity contribution is -0.00518. The lowest BCUT2D eigenvalue weighted by Crippen LogP contribution is -2.48. The summed E-state index contributed by atoms with van der Waals surface area (Å²) in [6.07, 6.45) is 8.43. The van der Waals surface area contributed by atoms with Gasteiger partial charge in [-0.05, 0) is 147 Å². The van der Waals surface area contributed by atoms with Crippen LogP contribution < -0.4 is 4.90 Å². The van der Waals surface area contributed by atoms with E-state index in [1.165, 1.54) is 122 Å². The van der Waals surface area contributed by atoms with Crippen LogP contribution in [0.25, 0.3) is 22.3 Å². The summed E-state index contributed by atoms with van der Waals surface area (Å²) in [4.78, 5) is 2.65. The van der Waals surface area contributed by atoms with Crippen molar-refractivity contribution in [1.82, 2.24) is 0 Å². The zero-order valence-electron chi connectivity index (χ0n) is 37.9. The molecule has 4 fully saturated rings. The summed E-state index contributed by atoms with van der Waals surface area (Å²) in [7, 11) is 0. The number of hydrogen-bond donors (Lipinski definition) is 0. The van der Waals surface area contributed by atoms with E-state index in [1.54, 1.807) is 5.56 Å². The van der Waals surface area contributed by atoms with Crippen molar-refractivity contribution in [3.8, 4) is 22.3 Å². The van der Waals surface area contributed by atoms with Gasteiger partial charge in [0.15, 0.2) is 0 Å². The van der Waals surface area contributed by atoms with Crippen LogP contribution in [0.4, 0.5) is 17.1 Å². The molecule has 0 radical (unpaired) electrons. The highest BCUT2D eigenvalue weighted by atomic mass is 15.1. The van der Waals surface area contributed by atoms with Crippen molar-refractivity contribution < 1.29 is 0 Å². The van der Waals surface area contributed by atoms with Gasteiger partial charge in [0, 0.05) is 16.8 Å². The second kappa shape index (κ2) is 14.9. The summed E-state index contributed by atoms with van der Waals surface area (Å²) in [5, 5.41) is 0. The predicted molar refractivity (Wildman–Crippen MR) is 276 cm³/mol. The van der Waals surface area contributed by atoms with Gasteiger partial charge in [0.25, 0.3) is 0 Å². The summed E-state index contributed by atoms with van der Waals surface area (Å²) in [5.41, 5.74) is 20.0. The van der Waals surface area contributed by atoms with E-state index in [0.717, 1.165) is 17.8 Å². The van der Waals surface area contributed by atoms with Crippen LogP contribution in [0.15, 0.2) is 231 Å². The summed E-state index contributed by atoms with van der Waals surface area (Å²) < 4.78 is 0. The van der Waals surface area contributed by atoms with Crippen molar-refractivity contribution >= 4 is 17.1 Å². The van der Waals surface area contributed by atoms with Crippen LogP contribution in [0.5, 0.6) is 0 Å². The maximum Gasteiger partial charge on any atom is 0.0714 e. The molecule has 0 aromatic heterocycles. The molecule has 67 heavy (non-hydrogen) atoms. The Bertz CT molecular complexity index is 3020. The third-order valence-electron chi connectivity index (χ3n) is 17.2. The van der Waals surface area contributed by atoms with Gasteiger partial charge < -0.3 is 4.90 Å². The van der Waals surface area contributed by atoms with Crippen molar-refractivity contribution in [2.24, 2.45) is 17.8 Å². The van der Waals surface area contributed by atoms with Crippen LogP contribution in [-0.4, -0.2) is 0 Å². The lowest BCUT2D eigenvalue weighted by atomic mass is 9.48. The zero-order valence-corrected chi connectivity index (χ0v) is 37.9. The average Bonchev–Trinajstić information content (AvgIpc) is 3.87. The molecule has 0 heterocycles. The van der Waals surface area contributed by atoms with Crippen molar-refractivity contribution in [3.05, 3.63) is 281 Å².